The van der Waals surface area contributed by atoms with Gasteiger partial charge in [0.2, 0.25) is 0 Å². The highest BCUT2D eigenvalue weighted by Gasteiger charge is 2.07. The van der Waals surface area contributed by atoms with E-state index in [-0.39, 0.29) is 11.7 Å². The Balaban J connectivity index is 1.64. The number of carbonyl (C=O) groups excluding carboxylic acids is 2. The van der Waals surface area contributed by atoms with Crippen LogP contribution in [0.3, 0.4) is 0 Å². The van der Waals surface area contributed by atoms with Crippen LogP contribution in [-0.2, 0) is 0 Å². The number of nitrogens with zero attached hydrogens (tertiary/aromatic N) is 1. The van der Waals surface area contributed by atoms with E-state index in [1.54, 1.807) is 60.8 Å². The van der Waals surface area contributed by atoms with Crippen molar-refractivity contribution in [2.45, 2.75) is 0 Å². The summed E-state index contributed by atoms with van der Waals surface area (Å²) in [7, 11) is 0. The molecule has 0 spiro atoms. The molecule has 1 heterocycles. The Morgan fingerprint density at radius 2 is 1.65 bits per heavy atom. The second kappa shape index (κ2) is 8.23. The number of aromatic nitrogens is 1. The lowest BCUT2D eigenvalue weighted by atomic mass is 10.1. The maximum atomic E-state index is 12.2. The Hall–Kier alpha value is -3.24. The zero-order valence-electron chi connectivity index (χ0n) is 13.7. The minimum Gasteiger partial charge on any atom is -0.322 e. The van der Waals surface area contributed by atoms with Gasteiger partial charge in [-0.1, -0.05) is 29.8 Å². The molecule has 0 radical (unpaired) electrons. The van der Waals surface area contributed by atoms with E-state index in [0.717, 1.165) is 5.56 Å². The standard InChI is InChI=1S/C21H15ClN2O2/c22-18-8-3-15(4-9-18)5-12-20(25)16-6-10-19(11-7-16)24-21(26)17-2-1-13-23-14-17/h1-14H,(H,24,26)/b12-5+. The van der Waals surface area contributed by atoms with Crippen molar-refractivity contribution in [3.05, 3.63) is 101 Å². The summed E-state index contributed by atoms with van der Waals surface area (Å²) in [6.45, 7) is 0. The van der Waals surface area contributed by atoms with Crippen molar-refractivity contribution < 1.29 is 9.59 Å². The Morgan fingerprint density at radius 3 is 2.31 bits per heavy atom. The molecular formula is C21H15ClN2O2. The van der Waals surface area contributed by atoms with Crippen LogP contribution in [0.4, 0.5) is 5.69 Å². The first kappa shape index (κ1) is 17.6. The topological polar surface area (TPSA) is 59.1 Å². The smallest absolute Gasteiger partial charge is 0.257 e. The molecule has 0 atom stereocenters. The van der Waals surface area contributed by atoms with E-state index in [1.165, 1.54) is 12.3 Å². The zero-order chi connectivity index (χ0) is 18.4. The summed E-state index contributed by atoms with van der Waals surface area (Å²) < 4.78 is 0. The number of ketones is 1. The number of carbonyl (C=O) groups is 2. The first-order chi connectivity index (χ1) is 12.6. The van der Waals surface area contributed by atoms with Gasteiger partial charge in [0.15, 0.2) is 5.78 Å². The van der Waals surface area contributed by atoms with Gasteiger partial charge in [0.05, 0.1) is 5.56 Å². The highest BCUT2D eigenvalue weighted by atomic mass is 35.5. The number of halogens is 1. The summed E-state index contributed by atoms with van der Waals surface area (Å²) in [6.07, 6.45) is 6.34. The summed E-state index contributed by atoms with van der Waals surface area (Å²) in [5, 5.41) is 3.42. The van der Waals surface area contributed by atoms with Crippen LogP contribution >= 0.6 is 11.6 Å². The number of hydrogen-bond donors (Lipinski definition) is 1. The van der Waals surface area contributed by atoms with E-state index in [0.29, 0.717) is 21.8 Å². The van der Waals surface area contributed by atoms with Crippen LogP contribution < -0.4 is 5.32 Å². The molecule has 0 bridgehead atoms. The van der Waals surface area contributed by atoms with Gasteiger partial charge in [0.25, 0.3) is 5.91 Å². The van der Waals surface area contributed by atoms with Gasteiger partial charge in [-0.05, 0) is 60.2 Å². The molecule has 0 saturated carbocycles. The molecule has 1 aromatic heterocycles. The Labute approximate surface area is 156 Å². The first-order valence-corrected chi connectivity index (χ1v) is 8.29. The molecular weight excluding hydrogens is 348 g/mol. The van der Waals surface area contributed by atoms with Crippen molar-refractivity contribution in [3.8, 4) is 0 Å². The molecule has 1 N–H and O–H groups in total. The van der Waals surface area contributed by atoms with Gasteiger partial charge in [0, 0.05) is 28.7 Å². The molecule has 128 valence electrons. The Kier molecular flexibility index (Phi) is 5.56. The maximum Gasteiger partial charge on any atom is 0.257 e. The van der Waals surface area contributed by atoms with Gasteiger partial charge in [0.1, 0.15) is 0 Å². The number of amides is 1. The van der Waals surface area contributed by atoms with Crippen LogP contribution in [0.2, 0.25) is 5.02 Å². The SMILES string of the molecule is O=C(/C=C/c1ccc(Cl)cc1)c1ccc(NC(=O)c2cccnc2)cc1. The minimum absolute atomic E-state index is 0.120. The van der Waals surface area contributed by atoms with Crippen molar-refractivity contribution in [1.29, 1.82) is 0 Å². The number of pyridine rings is 1. The highest BCUT2D eigenvalue weighted by molar-refractivity contribution is 6.30. The van der Waals surface area contributed by atoms with E-state index in [1.807, 2.05) is 12.1 Å². The van der Waals surface area contributed by atoms with Crippen LogP contribution in [-0.4, -0.2) is 16.7 Å². The van der Waals surface area contributed by atoms with Crippen molar-refractivity contribution in [1.82, 2.24) is 4.98 Å². The lowest BCUT2D eigenvalue weighted by Crippen LogP contribution is -2.12. The summed E-state index contributed by atoms with van der Waals surface area (Å²) in [4.78, 5) is 28.2. The van der Waals surface area contributed by atoms with Crippen molar-refractivity contribution in [3.63, 3.8) is 0 Å². The van der Waals surface area contributed by atoms with E-state index in [4.69, 9.17) is 11.6 Å². The normalized spacial score (nSPS) is 10.7. The molecule has 0 aliphatic carbocycles. The monoisotopic (exact) mass is 362 g/mol. The van der Waals surface area contributed by atoms with Gasteiger partial charge in [-0.15, -0.1) is 0 Å². The number of anilines is 1. The van der Waals surface area contributed by atoms with Crippen LogP contribution in [0.25, 0.3) is 6.08 Å². The first-order valence-electron chi connectivity index (χ1n) is 7.91. The van der Waals surface area contributed by atoms with Crippen molar-refractivity contribution >= 4 is 35.1 Å². The minimum atomic E-state index is -0.250. The van der Waals surface area contributed by atoms with E-state index in [9.17, 15) is 9.59 Å². The highest BCUT2D eigenvalue weighted by Crippen LogP contribution is 2.14. The van der Waals surface area contributed by atoms with Gasteiger partial charge in [-0.3, -0.25) is 14.6 Å². The second-order valence-corrected chi connectivity index (χ2v) is 5.96. The van der Waals surface area contributed by atoms with E-state index in [2.05, 4.69) is 10.3 Å². The molecule has 2 aromatic carbocycles. The fraction of sp³-hybridized carbons (Fsp3) is 0. The molecule has 0 saturated heterocycles. The molecule has 3 aromatic rings. The number of nitrogens with one attached hydrogen (secondary N) is 1. The molecule has 5 heteroatoms. The predicted molar refractivity (Wildman–Crippen MR) is 103 cm³/mol. The molecule has 0 aliphatic heterocycles. The van der Waals surface area contributed by atoms with Gasteiger partial charge >= 0.3 is 0 Å². The Morgan fingerprint density at radius 1 is 0.923 bits per heavy atom. The number of benzene rings is 2. The van der Waals surface area contributed by atoms with Gasteiger partial charge in [-0.25, -0.2) is 0 Å². The third kappa shape index (κ3) is 4.65. The molecule has 0 unspecified atom stereocenters. The average Bonchev–Trinajstić information content (AvgIpc) is 2.68. The van der Waals surface area contributed by atoms with Crippen molar-refractivity contribution in [2.24, 2.45) is 0 Å². The second-order valence-electron chi connectivity index (χ2n) is 5.52. The predicted octanol–water partition coefficient (Wildman–Crippen LogP) is 4.88. The number of rotatable bonds is 5. The Bertz CT molecular complexity index is 934. The third-order valence-electron chi connectivity index (χ3n) is 3.65. The quantitative estimate of drug-likeness (QED) is 0.519. The van der Waals surface area contributed by atoms with Crippen LogP contribution in [0.15, 0.2) is 79.1 Å². The van der Waals surface area contributed by atoms with Crippen molar-refractivity contribution in [2.75, 3.05) is 5.32 Å². The zero-order valence-corrected chi connectivity index (χ0v) is 14.5. The van der Waals surface area contributed by atoms with Crippen LogP contribution in [0, 0.1) is 0 Å². The third-order valence-corrected chi connectivity index (χ3v) is 3.90. The van der Waals surface area contributed by atoms with Gasteiger partial charge in [-0.2, -0.15) is 0 Å². The molecule has 4 nitrogen and oxygen atoms in total. The summed E-state index contributed by atoms with van der Waals surface area (Å²) >= 11 is 5.84. The molecule has 26 heavy (non-hydrogen) atoms. The number of hydrogen-bond acceptors (Lipinski definition) is 3. The average molecular weight is 363 g/mol. The van der Waals surface area contributed by atoms with Crippen LogP contribution in [0.5, 0.6) is 0 Å². The lowest BCUT2D eigenvalue weighted by Gasteiger charge is -2.05. The lowest BCUT2D eigenvalue weighted by molar-refractivity contribution is 0.102. The van der Waals surface area contributed by atoms with E-state index >= 15 is 0 Å². The summed E-state index contributed by atoms with van der Waals surface area (Å²) in [6, 6.07) is 17.3. The largest absolute Gasteiger partial charge is 0.322 e. The summed E-state index contributed by atoms with van der Waals surface area (Å²) in [5.41, 5.74) is 2.51. The summed E-state index contributed by atoms with van der Waals surface area (Å²) in [5.74, 6) is -0.370. The number of allylic oxidation sites excluding steroid dienone is 1. The maximum absolute atomic E-state index is 12.2. The van der Waals surface area contributed by atoms with Crippen LogP contribution in [0.1, 0.15) is 26.3 Å². The molecule has 0 fully saturated rings. The molecule has 1 amide bonds. The fourth-order valence-corrected chi connectivity index (χ4v) is 2.39. The molecule has 0 aliphatic rings. The fourth-order valence-electron chi connectivity index (χ4n) is 2.26. The van der Waals surface area contributed by atoms with E-state index < -0.39 is 0 Å². The molecule has 3 rings (SSSR count). The van der Waals surface area contributed by atoms with Gasteiger partial charge < -0.3 is 5.32 Å².